The molecule has 166 valence electrons. The molecule has 0 bridgehead atoms. The highest BCUT2D eigenvalue weighted by atomic mass is 35.5. The monoisotopic (exact) mass is 481 g/mol. The van der Waals surface area contributed by atoms with Gasteiger partial charge in [0.05, 0.1) is 11.6 Å². The minimum absolute atomic E-state index is 0.113. The Balaban J connectivity index is 1.71. The van der Waals surface area contributed by atoms with Crippen molar-refractivity contribution in [3.05, 3.63) is 58.1 Å². The molecule has 0 aliphatic heterocycles. The van der Waals surface area contributed by atoms with Gasteiger partial charge in [-0.1, -0.05) is 30.1 Å². The summed E-state index contributed by atoms with van der Waals surface area (Å²) in [7, 11) is 0. The lowest BCUT2D eigenvalue weighted by atomic mass is 10.1. The summed E-state index contributed by atoms with van der Waals surface area (Å²) >= 11 is 17.0. The summed E-state index contributed by atoms with van der Waals surface area (Å²) in [5.74, 6) is 0.164. The standard InChI is InChI=1S/C22H25Cl2N3O3S/c1-3-14(2)25-21(29)15-6-9-17(10-7-15)26-22(31)27-20(28)5-4-12-30-19-11-8-16(23)13-18(19)24/h6-11,13-14H,3-5,12H2,1-2H3,(H,25,29)(H2,26,27,28,31). The van der Waals surface area contributed by atoms with E-state index in [2.05, 4.69) is 16.0 Å². The number of ether oxygens (including phenoxy) is 1. The predicted molar refractivity (Wildman–Crippen MR) is 129 cm³/mol. The molecule has 2 amide bonds. The SMILES string of the molecule is CCC(C)NC(=O)c1ccc(NC(=S)NC(=O)CCCOc2ccc(Cl)cc2Cl)cc1. The van der Waals surface area contributed by atoms with Crippen LogP contribution in [0, 0.1) is 0 Å². The summed E-state index contributed by atoms with van der Waals surface area (Å²) in [6.07, 6.45) is 1.59. The molecule has 1 unspecified atom stereocenters. The van der Waals surface area contributed by atoms with Crippen molar-refractivity contribution < 1.29 is 14.3 Å². The van der Waals surface area contributed by atoms with E-state index in [4.69, 9.17) is 40.2 Å². The number of hydrogen-bond donors (Lipinski definition) is 3. The zero-order chi connectivity index (χ0) is 22.8. The van der Waals surface area contributed by atoms with Gasteiger partial charge in [-0.25, -0.2) is 0 Å². The van der Waals surface area contributed by atoms with Crippen LogP contribution in [0.3, 0.4) is 0 Å². The number of hydrogen-bond acceptors (Lipinski definition) is 4. The maximum absolute atomic E-state index is 12.1. The highest BCUT2D eigenvalue weighted by molar-refractivity contribution is 7.80. The van der Waals surface area contributed by atoms with E-state index < -0.39 is 0 Å². The quantitative estimate of drug-likeness (QED) is 0.339. The summed E-state index contributed by atoms with van der Waals surface area (Å²) in [6.45, 7) is 4.29. The normalized spacial score (nSPS) is 11.4. The van der Waals surface area contributed by atoms with Gasteiger partial charge in [-0.15, -0.1) is 0 Å². The molecule has 3 N–H and O–H groups in total. The average molecular weight is 482 g/mol. The van der Waals surface area contributed by atoms with Crippen molar-refractivity contribution in [2.45, 2.75) is 39.2 Å². The molecule has 0 aliphatic carbocycles. The Bertz CT molecular complexity index is 923. The molecule has 0 heterocycles. The lowest BCUT2D eigenvalue weighted by Gasteiger charge is -2.12. The van der Waals surface area contributed by atoms with E-state index in [1.165, 1.54) is 0 Å². The van der Waals surface area contributed by atoms with Crippen molar-refractivity contribution in [1.29, 1.82) is 0 Å². The van der Waals surface area contributed by atoms with E-state index in [1.54, 1.807) is 42.5 Å². The van der Waals surface area contributed by atoms with Crippen LogP contribution < -0.4 is 20.7 Å². The van der Waals surface area contributed by atoms with E-state index in [0.29, 0.717) is 40.1 Å². The molecule has 2 aromatic rings. The van der Waals surface area contributed by atoms with Crippen molar-refractivity contribution in [3.63, 3.8) is 0 Å². The highest BCUT2D eigenvalue weighted by Crippen LogP contribution is 2.27. The molecule has 0 radical (unpaired) electrons. The molecule has 0 spiro atoms. The Morgan fingerprint density at radius 2 is 1.84 bits per heavy atom. The first-order valence-electron chi connectivity index (χ1n) is 9.88. The Hall–Kier alpha value is -2.35. The topological polar surface area (TPSA) is 79.5 Å². The smallest absolute Gasteiger partial charge is 0.251 e. The Labute approximate surface area is 197 Å². The third-order valence-electron chi connectivity index (χ3n) is 4.35. The fourth-order valence-corrected chi connectivity index (χ4v) is 3.17. The highest BCUT2D eigenvalue weighted by Gasteiger charge is 2.10. The lowest BCUT2D eigenvalue weighted by molar-refractivity contribution is -0.119. The van der Waals surface area contributed by atoms with Crippen molar-refractivity contribution in [2.75, 3.05) is 11.9 Å². The van der Waals surface area contributed by atoms with Crippen LogP contribution in [0.2, 0.25) is 10.0 Å². The minimum atomic E-state index is -0.229. The van der Waals surface area contributed by atoms with Gasteiger partial charge in [0.25, 0.3) is 5.91 Å². The molecule has 31 heavy (non-hydrogen) atoms. The molecular weight excluding hydrogens is 457 g/mol. The summed E-state index contributed by atoms with van der Waals surface area (Å²) in [5.41, 5.74) is 1.23. The van der Waals surface area contributed by atoms with Crippen molar-refractivity contribution in [3.8, 4) is 5.75 Å². The maximum Gasteiger partial charge on any atom is 0.251 e. The number of anilines is 1. The third-order valence-corrected chi connectivity index (χ3v) is 5.08. The first-order valence-corrected chi connectivity index (χ1v) is 11.0. The van der Waals surface area contributed by atoms with Crippen LogP contribution in [0.15, 0.2) is 42.5 Å². The molecule has 0 saturated heterocycles. The number of thiocarbonyl (C=S) groups is 1. The van der Waals surface area contributed by atoms with Gasteiger partial charge in [0.1, 0.15) is 5.75 Å². The van der Waals surface area contributed by atoms with Gasteiger partial charge < -0.3 is 20.7 Å². The maximum atomic E-state index is 12.1. The predicted octanol–water partition coefficient (Wildman–Crippen LogP) is 5.19. The van der Waals surface area contributed by atoms with Gasteiger partial charge in [0.15, 0.2) is 5.11 Å². The minimum Gasteiger partial charge on any atom is -0.492 e. The van der Waals surface area contributed by atoms with Gasteiger partial charge in [-0.3, -0.25) is 9.59 Å². The third kappa shape index (κ3) is 8.73. The Morgan fingerprint density at radius 3 is 2.48 bits per heavy atom. The molecule has 2 rings (SSSR count). The molecule has 1 atom stereocenters. The van der Waals surface area contributed by atoms with Gasteiger partial charge in [-0.05, 0) is 74.4 Å². The number of halogens is 2. The molecule has 0 saturated carbocycles. The van der Waals surface area contributed by atoms with Crippen LogP contribution in [-0.2, 0) is 4.79 Å². The molecule has 9 heteroatoms. The second-order valence-corrected chi connectivity index (χ2v) is 8.14. The number of benzene rings is 2. The molecule has 2 aromatic carbocycles. The van der Waals surface area contributed by atoms with Gasteiger partial charge in [0, 0.05) is 28.7 Å². The zero-order valence-corrected chi connectivity index (χ0v) is 19.7. The average Bonchev–Trinajstić information content (AvgIpc) is 2.72. The summed E-state index contributed by atoms with van der Waals surface area (Å²) < 4.78 is 5.55. The molecule has 0 fully saturated rings. The largest absolute Gasteiger partial charge is 0.492 e. The number of carbonyl (C=O) groups is 2. The van der Waals surface area contributed by atoms with Crippen LogP contribution in [0.1, 0.15) is 43.5 Å². The first-order chi connectivity index (χ1) is 14.8. The van der Waals surface area contributed by atoms with Crippen molar-refractivity contribution >= 4 is 58.0 Å². The molecule has 6 nitrogen and oxygen atoms in total. The first kappa shape index (κ1) is 24.9. The van der Waals surface area contributed by atoms with Gasteiger partial charge >= 0.3 is 0 Å². The summed E-state index contributed by atoms with van der Waals surface area (Å²) in [5, 5.41) is 9.59. The fourth-order valence-electron chi connectivity index (χ4n) is 2.47. The number of rotatable bonds is 9. The second-order valence-electron chi connectivity index (χ2n) is 6.89. The molecular formula is C22H25Cl2N3O3S. The Kier molecular flexibility index (Phi) is 10.0. The number of amides is 2. The van der Waals surface area contributed by atoms with E-state index >= 15 is 0 Å². The molecule has 0 aliphatic rings. The number of nitrogens with one attached hydrogen (secondary N) is 3. The van der Waals surface area contributed by atoms with Crippen LogP contribution >= 0.6 is 35.4 Å². The second kappa shape index (κ2) is 12.5. The van der Waals surface area contributed by atoms with E-state index in [-0.39, 0.29) is 29.4 Å². The molecule has 0 aromatic heterocycles. The van der Waals surface area contributed by atoms with Gasteiger partial charge in [0.2, 0.25) is 5.91 Å². The Morgan fingerprint density at radius 1 is 1.13 bits per heavy atom. The fraction of sp³-hybridized carbons (Fsp3) is 0.318. The van der Waals surface area contributed by atoms with E-state index in [9.17, 15) is 9.59 Å². The van der Waals surface area contributed by atoms with Crippen LogP contribution in [0.4, 0.5) is 5.69 Å². The zero-order valence-electron chi connectivity index (χ0n) is 17.3. The summed E-state index contributed by atoms with van der Waals surface area (Å²) in [4.78, 5) is 24.2. The van der Waals surface area contributed by atoms with Crippen LogP contribution in [0.25, 0.3) is 0 Å². The summed E-state index contributed by atoms with van der Waals surface area (Å²) in [6, 6.07) is 11.9. The van der Waals surface area contributed by atoms with E-state index in [1.807, 2.05) is 13.8 Å². The van der Waals surface area contributed by atoms with Crippen LogP contribution in [-0.4, -0.2) is 29.6 Å². The van der Waals surface area contributed by atoms with Crippen molar-refractivity contribution in [2.24, 2.45) is 0 Å². The van der Waals surface area contributed by atoms with Gasteiger partial charge in [-0.2, -0.15) is 0 Å². The van der Waals surface area contributed by atoms with Crippen LogP contribution in [0.5, 0.6) is 5.75 Å². The lowest BCUT2D eigenvalue weighted by Crippen LogP contribution is -2.34. The van der Waals surface area contributed by atoms with E-state index in [0.717, 1.165) is 6.42 Å². The van der Waals surface area contributed by atoms with Crippen molar-refractivity contribution in [1.82, 2.24) is 10.6 Å². The number of carbonyl (C=O) groups excluding carboxylic acids is 2.